The Kier molecular flexibility index (Phi) is 4.61. The van der Waals surface area contributed by atoms with Gasteiger partial charge in [0.25, 0.3) is 0 Å². The number of hydrogen-bond donors (Lipinski definition) is 1. The van der Waals surface area contributed by atoms with Crippen LogP contribution in [0.15, 0.2) is 48.5 Å². The van der Waals surface area contributed by atoms with Gasteiger partial charge in [0.15, 0.2) is 5.78 Å². The second kappa shape index (κ2) is 6.61. The summed E-state index contributed by atoms with van der Waals surface area (Å²) in [6.45, 7) is 0. The van der Waals surface area contributed by atoms with Crippen molar-refractivity contribution < 1.29 is 19.4 Å². The maximum Gasteiger partial charge on any atom is 0.193 e. The number of phenolic OH excluding ortho intramolecular Hbond substituents is 1. The van der Waals surface area contributed by atoms with E-state index in [2.05, 4.69) is 0 Å². The topological polar surface area (TPSA) is 55.8 Å². The summed E-state index contributed by atoms with van der Waals surface area (Å²) in [6.07, 6.45) is 3.13. The minimum Gasteiger partial charge on any atom is -0.508 e. The third kappa shape index (κ3) is 3.42. The van der Waals surface area contributed by atoms with Crippen molar-refractivity contribution in [2.45, 2.75) is 0 Å². The molecule has 21 heavy (non-hydrogen) atoms. The van der Waals surface area contributed by atoms with Gasteiger partial charge in [0.2, 0.25) is 0 Å². The lowest BCUT2D eigenvalue weighted by Crippen LogP contribution is -2.02. The van der Waals surface area contributed by atoms with E-state index in [1.807, 2.05) is 0 Å². The molecular weight excluding hydrogens is 268 g/mol. The highest BCUT2D eigenvalue weighted by Gasteiger charge is 2.15. The van der Waals surface area contributed by atoms with Gasteiger partial charge in [-0.1, -0.05) is 24.3 Å². The highest BCUT2D eigenvalue weighted by Crippen LogP contribution is 2.29. The molecule has 0 aliphatic heterocycles. The summed E-state index contributed by atoms with van der Waals surface area (Å²) in [5, 5.41) is 9.22. The molecule has 0 unspecified atom stereocenters. The summed E-state index contributed by atoms with van der Waals surface area (Å²) in [6, 6.07) is 11.8. The van der Waals surface area contributed by atoms with Crippen molar-refractivity contribution in [1.29, 1.82) is 0 Å². The number of phenols is 1. The van der Waals surface area contributed by atoms with Crippen molar-refractivity contribution in [2.24, 2.45) is 0 Å². The Morgan fingerprint density at radius 2 is 1.57 bits per heavy atom. The highest BCUT2D eigenvalue weighted by atomic mass is 16.5. The van der Waals surface area contributed by atoms with E-state index in [0.29, 0.717) is 17.1 Å². The number of ketones is 1. The van der Waals surface area contributed by atoms with Gasteiger partial charge in [-0.3, -0.25) is 4.79 Å². The summed E-state index contributed by atoms with van der Waals surface area (Å²) in [5.41, 5.74) is 1.20. The van der Waals surface area contributed by atoms with Crippen LogP contribution >= 0.6 is 0 Å². The highest BCUT2D eigenvalue weighted by molar-refractivity contribution is 6.10. The van der Waals surface area contributed by atoms with Crippen LogP contribution < -0.4 is 9.47 Å². The third-order valence-corrected chi connectivity index (χ3v) is 2.99. The van der Waals surface area contributed by atoms with E-state index in [1.54, 1.807) is 48.5 Å². The Morgan fingerprint density at radius 1 is 1.00 bits per heavy atom. The molecule has 0 aliphatic rings. The molecule has 0 radical (unpaired) electrons. The summed E-state index contributed by atoms with van der Waals surface area (Å²) in [4.78, 5) is 12.3. The average Bonchev–Trinajstić information content (AvgIpc) is 2.53. The van der Waals surface area contributed by atoms with Gasteiger partial charge in [-0.2, -0.15) is 0 Å². The van der Waals surface area contributed by atoms with Crippen LogP contribution in [0.5, 0.6) is 17.2 Å². The number of carbonyl (C=O) groups excluding carboxylic acids is 1. The van der Waals surface area contributed by atoms with Crippen LogP contribution in [-0.4, -0.2) is 25.1 Å². The predicted octanol–water partition coefficient (Wildman–Crippen LogP) is 3.31. The molecule has 0 spiro atoms. The van der Waals surface area contributed by atoms with E-state index in [0.717, 1.165) is 5.56 Å². The number of rotatable bonds is 5. The molecule has 0 amide bonds. The molecule has 0 atom stereocenters. The number of allylic oxidation sites excluding steroid dienone is 1. The van der Waals surface area contributed by atoms with E-state index < -0.39 is 0 Å². The monoisotopic (exact) mass is 284 g/mol. The lowest BCUT2D eigenvalue weighted by Gasteiger charge is -2.10. The fraction of sp³-hybridized carbons (Fsp3) is 0.118. The minimum atomic E-state index is -0.211. The largest absolute Gasteiger partial charge is 0.508 e. The molecule has 4 heteroatoms. The number of ether oxygens (including phenoxy) is 2. The number of methoxy groups -OCH3 is 2. The van der Waals surface area contributed by atoms with Gasteiger partial charge in [-0.05, 0) is 35.9 Å². The van der Waals surface area contributed by atoms with E-state index in [-0.39, 0.29) is 11.5 Å². The van der Waals surface area contributed by atoms with E-state index >= 15 is 0 Å². The Balaban J connectivity index is 2.30. The van der Waals surface area contributed by atoms with Gasteiger partial charge >= 0.3 is 0 Å². The van der Waals surface area contributed by atoms with Gasteiger partial charge in [0.05, 0.1) is 14.2 Å². The Bertz CT molecular complexity index is 635. The predicted molar refractivity (Wildman–Crippen MR) is 81.0 cm³/mol. The Morgan fingerprint density at radius 3 is 2.10 bits per heavy atom. The second-order valence-electron chi connectivity index (χ2n) is 4.33. The molecule has 0 bridgehead atoms. The number of hydrogen-bond acceptors (Lipinski definition) is 4. The first kappa shape index (κ1) is 14.7. The van der Waals surface area contributed by atoms with Gasteiger partial charge in [0, 0.05) is 0 Å². The van der Waals surface area contributed by atoms with Crippen LogP contribution in [0, 0.1) is 0 Å². The zero-order valence-electron chi connectivity index (χ0n) is 11.9. The van der Waals surface area contributed by atoms with Crippen molar-refractivity contribution in [2.75, 3.05) is 14.2 Å². The van der Waals surface area contributed by atoms with Crippen LogP contribution in [0.4, 0.5) is 0 Å². The molecule has 0 aromatic heterocycles. The summed E-state index contributed by atoms with van der Waals surface area (Å²) >= 11 is 0. The standard InChI is InChI=1S/C17H16O4/c1-20-15-4-3-5-16(21-2)17(15)14(19)11-8-12-6-9-13(18)10-7-12/h3-11,18H,1-2H3. The Hall–Kier alpha value is -2.75. The van der Waals surface area contributed by atoms with Crippen LogP contribution in [0.1, 0.15) is 15.9 Å². The van der Waals surface area contributed by atoms with E-state index in [1.165, 1.54) is 20.3 Å². The van der Waals surface area contributed by atoms with Crippen molar-refractivity contribution in [3.63, 3.8) is 0 Å². The summed E-state index contributed by atoms with van der Waals surface area (Å²) in [5.74, 6) is 0.909. The summed E-state index contributed by atoms with van der Waals surface area (Å²) in [7, 11) is 3.02. The van der Waals surface area contributed by atoms with Crippen molar-refractivity contribution >= 4 is 11.9 Å². The fourth-order valence-electron chi connectivity index (χ4n) is 1.93. The number of benzene rings is 2. The van der Waals surface area contributed by atoms with Crippen molar-refractivity contribution in [3.8, 4) is 17.2 Å². The molecule has 0 saturated carbocycles. The molecule has 0 saturated heterocycles. The molecule has 0 fully saturated rings. The maximum absolute atomic E-state index is 12.3. The lowest BCUT2D eigenvalue weighted by molar-refractivity contribution is 0.104. The van der Waals surface area contributed by atoms with Crippen molar-refractivity contribution in [3.05, 3.63) is 59.7 Å². The van der Waals surface area contributed by atoms with Crippen LogP contribution in [0.25, 0.3) is 6.08 Å². The van der Waals surface area contributed by atoms with Gasteiger partial charge in [-0.15, -0.1) is 0 Å². The first-order valence-electron chi connectivity index (χ1n) is 6.38. The molecule has 0 aliphatic carbocycles. The van der Waals surface area contributed by atoms with Crippen molar-refractivity contribution in [1.82, 2.24) is 0 Å². The molecule has 2 aromatic carbocycles. The minimum absolute atomic E-state index is 0.185. The second-order valence-corrected chi connectivity index (χ2v) is 4.33. The smallest absolute Gasteiger partial charge is 0.193 e. The van der Waals surface area contributed by atoms with E-state index in [9.17, 15) is 9.90 Å². The quantitative estimate of drug-likeness (QED) is 0.676. The lowest BCUT2D eigenvalue weighted by atomic mass is 10.1. The zero-order valence-corrected chi connectivity index (χ0v) is 11.9. The normalized spacial score (nSPS) is 10.6. The number of carbonyl (C=O) groups is 1. The summed E-state index contributed by atoms with van der Waals surface area (Å²) < 4.78 is 10.4. The zero-order chi connectivity index (χ0) is 15.2. The average molecular weight is 284 g/mol. The fourth-order valence-corrected chi connectivity index (χ4v) is 1.93. The first-order chi connectivity index (χ1) is 10.2. The van der Waals surface area contributed by atoms with Crippen LogP contribution in [-0.2, 0) is 0 Å². The molecule has 2 rings (SSSR count). The van der Waals surface area contributed by atoms with E-state index in [4.69, 9.17) is 9.47 Å². The van der Waals surface area contributed by atoms with Crippen LogP contribution in [0.3, 0.4) is 0 Å². The van der Waals surface area contributed by atoms with Crippen LogP contribution in [0.2, 0.25) is 0 Å². The molecule has 1 N–H and O–H groups in total. The SMILES string of the molecule is COc1cccc(OC)c1C(=O)C=Cc1ccc(O)cc1. The third-order valence-electron chi connectivity index (χ3n) is 2.99. The molecule has 2 aromatic rings. The molecule has 108 valence electrons. The molecule has 0 heterocycles. The molecule has 4 nitrogen and oxygen atoms in total. The van der Waals surface area contributed by atoms with Gasteiger partial charge in [0.1, 0.15) is 22.8 Å². The maximum atomic E-state index is 12.3. The van der Waals surface area contributed by atoms with Gasteiger partial charge < -0.3 is 14.6 Å². The molecular formula is C17H16O4. The Labute approximate surface area is 123 Å². The van der Waals surface area contributed by atoms with Gasteiger partial charge in [-0.25, -0.2) is 0 Å². The first-order valence-corrected chi connectivity index (χ1v) is 6.38. The number of aromatic hydroxyl groups is 1.